The van der Waals surface area contributed by atoms with Gasteiger partial charge in [-0.15, -0.1) is 0 Å². The maximum Gasteiger partial charge on any atom is 0.337 e. The molecule has 4 saturated heterocycles. The van der Waals surface area contributed by atoms with Crippen molar-refractivity contribution in [2.24, 2.45) is 29.6 Å². The SMILES string of the molecule is CC1CCC2C(C(=O)O[C@H]3C4CCO[C@@H](OC5OC(CO)C(O)C(O)C5O)C4[C@@]4(CO)O[C@@H]34)=CO[C@@H](OC3OC(CO)C(O)C(O)C3O)C12. The lowest BCUT2D eigenvalue weighted by Crippen LogP contribution is -2.61. The Hall–Kier alpha value is -1.59. The lowest BCUT2D eigenvalue weighted by molar-refractivity contribution is -0.356. The van der Waals surface area contributed by atoms with Crippen LogP contribution in [-0.2, 0) is 42.7 Å². The van der Waals surface area contributed by atoms with Crippen LogP contribution >= 0.6 is 0 Å². The number of fused-ring (bicyclic) bond motifs is 4. The number of hydrogen-bond donors (Lipinski definition) is 9. The molecule has 49 heavy (non-hydrogen) atoms. The molecule has 20 atom stereocenters. The number of carbonyl (C=O) groups is 1. The van der Waals surface area contributed by atoms with Crippen LogP contribution in [-0.4, -0.2) is 170 Å². The van der Waals surface area contributed by atoms with Gasteiger partial charge in [0.05, 0.1) is 44.2 Å². The minimum Gasteiger partial charge on any atom is -0.472 e. The van der Waals surface area contributed by atoms with Crippen LogP contribution in [0.4, 0.5) is 0 Å². The number of aliphatic hydroxyl groups excluding tert-OH is 9. The number of esters is 1. The normalized spacial score (nSPS) is 53.5. The van der Waals surface area contributed by atoms with E-state index >= 15 is 0 Å². The van der Waals surface area contributed by atoms with E-state index in [1.54, 1.807) is 0 Å². The highest BCUT2D eigenvalue weighted by Gasteiger charge is 2.77. The van der Waals surface area contributed by atoms with E-state index in [0.29, 0.717) is 12.8 Å². The van der Waals surface area contributed by atoms with Crippen molar-refractivity contribution in [2.75, 3.05) is 26.4 Å². The van der Waals surface area contributed by atoms with Crippen LogP contribution < -0.4 is 0 Å². The molecule has 5 heterocycles. The average Bonchev–Trinajstić information content (AvgIpc) is 3.62. The van der Waals surface area contributed by atoms with Crippen molar-refractivity contribution in [2.45, 2.75) is 118 Å². The van der Waals surface area contributed by atoms with E-state index in [0.717, 1.165) is 6.42 Å². The van der Waals surface area contributed by atoms with Gasteiger partial charge in [-0.05, 0) is 25.2 Å². The summed E-state index contributed by atoms with van der Waals surface area (Å²) in [5, 5.41) is 91.4. The molecule has 18 heteroatoms. The summed E-state index contributed by atoms with van der Waals surface area (Å²) in [4.78, 5) is 13.8. The molecule has 15 unspecified atom stereocenters. The minimum atomic E-state index is -1.67. The summed E-state index contributed by atoms with van der Waals surface area (Å²) in [6, 6.07) is 0. The van der Waals surface area contributed by atoms with Gasteiger partial charge in [0.2, 0.25) is 6.29 Å². The molecule has 7 aliphatic rings. The lowest BCUT2D eigenvalue weighted by atomic mass is 9.82. The molecule has 18 nitrogen and oxygen atoms in total. The van der Waals surface area contributed by atoms with Crippen LogP contribution in [0.25, 0.3) is 0 Å². The Labute approximate surface area is 280 Å². The van der Waals surface area contributed by atoms with Gasteiger partial charge in [-0.2, -0.15) is 0 Å². The highest BCUT2D eigenvalue weighted by atomic mass is 16.8. The average molecular weight is 707 g/mol. The first-order valence-electron chi connectivity index (χ1n) is 16.8. The van der Waals surface area contributed by atoms with Gasteiger partial charge in [-0.3, -0.25) is 0 Å². The molecule has 7 rings (SSSR count). The van der Waals surface area contributed by atoms with Gasteiger partial charge in [0.15, 0.2) is 18.9 Å². The molecule has 0 amide bonds. The third kappa shape index (κ3) is 5.91. The zero-order valence-corrected chi connectivity index (χ0v) is 26.7. The summed E-state index contributed by atoms with van der Waals surface area (Å²) >= 11 is 0. The number of aliphatic hydroxyl groups is 9. The van der Waals surface area contributed by atoms with Crippen molar-refractivity contribution < 1.29 is 88.6 Å². The summed E-state index contributed by atoms with van der Waals surface area (Å²) in [5.74, 6) is -2.44. The molecule has 5 aliphatic heterocycles. The molecule has 0 aromatic heterocycles. The first-order valence-corrected chi connectivity index (χ1v) is 16.8. The van der Waals surface area contributed by atoms with Gasteiger partial charge in [-0.25, -0.2) is 4.79 Å². The van der Waals surface area contributed by atoms with Crippen LogP contribution in [0.2, 0.25) is 0 Å². The predicted octanol–water partition coefficient (Wildman–Crippen LogP) is -4.44. The molecule has 0 aromatic rings. The Morgan fingerprint density at radius 3 is 2.02 bits per heavy atom. The number of epoxide rings is 1. The van der Waals surface area contributed by atoms with Crippen LogP contribution in [0, 0.1) is 29.6 Å². The smallest absolute Gasteiger partial charge is 0.337 e. The molecule has 0 bridgehead atoms. The Morgan fingerprint density at radius 2 is 1.43 bits per heavy atom. The summed E-state index contributed by atoms with van der Waals surface area (Å²) < 4.78 is 46.8. The van der Waals surface area contributed by atoms with E-state index in [1.807, 2.05) is 6.92 Å². The Morgan fingerprint density at radius 1 is 0.816 bits per heavy atom. The van der Waals surface area contributed by atoms with Crippen molar-refractivity contribution in [1.82, 2.24) is 0 Å². The second-order valence-corrected chi connectivity index (χ2v) is 14.2. The van der Waals surface area contributed by atoms with Gasteiger partial charge < -0.3 is 83.9 Å². The Bertz CT molecular complexity index is 1230. The fourth-order valence-corrected chi connectivity index (χ4v) is 8.81. The van der Waals surface area contributed by atoms with E-state index in [2.05, 4.69) is 0 Å². The highest BCUT2D eigenvalue weighted by Crippen LogP contribution is 2.61. The first-order chi connectivity index (χ1) is 23.4. The molecule has 2 aliphatic carbocycles. The van der Waals surface area contributed by atoms with Gasteiger partial charge >= 0.3 is 5.97 Å². The fraction of sp³-hybridized carbons (Fsp3) is 0.903. The van der Waals surface area contributed by atoms with Gasteiger partial charge in [0.1, 0.15) is 66.6 Å². The van der Waals surface area contributed by atoms with E-state index in [1.165, 1.54) is 6.26 Å². The standard InChI is InChI=1S/C31H46O18/c1-10-2-3-11-13(8-43-27(16(10)11)47-29-22(39)20(37)18(35)14(6-32)44-29)26(41)46-24-12-4-5-42-28(17(12)31(9-34)25(24)49-31)48-30-23(40)21(38)19(36)15(7-33)45-30/h8,10-12,14-25,27-30,32-40H,2-7,9H2,1H3/t10?,11?,12?,14?,15?,16?,17?,18?,19?,20?,21?,22?,23?,24-,25-,27-,28-,29?,30?,31+/m0/s1. The largest absolute Gasteiger partial charge is 0.472 e. The van der Waals surface area contributed by atoms with E-state index in [9.17, 15) is 50.8 Å². The number of ether oxygens (including phenoxy) is 8. The topological polar surface area (TPSA) is 276 Å². The summed E-state index contributed by atoms with van der Waals surface area (Å²) in [5.41, 5.74) is -0.913. The molecular weight excluding hydrogens is 660 g/mol. The quantitative estimate of drug-likeness (QED) is 0.0808. The fourth-order valence-electron chi connectivity index (χ4n) is 8.81. The van der Waals surface area contributed by atoms with Crippen LogP contribution in [0.3, 0.4) is 0 Å². The zero-order chi connectivity index (χ0) is 34.9. The molecule has 0 radical (unpaired) electrons. The molecule has 9 N–H and O–H groups in total. The predicted molar refractivity (Wildman–Crippen MR) is 154 cm³/mol. The summed E-state index contributed by atoms with van der Waals surface area (Å²) in [7, 11) is 0. The highest BCUT2D eigenvalue weighted by molar-refractivity contribution is 5.89. The number of hydrogen-bond acceptors (Lipinski definition) is 18. The van der Waals surface area contributed by atoms with Crippen molar-refractivity contribution in [3.63, 3.8) is 0 Å². The molecule has 0 aromatic carbocycles. The van der Waals surface area contributed by atoms with Gasteiger partial charge in [0.25, 0.3) is 0 Å². The number of rotatable bonds is 9. The first kappa shape index (κ1) is 35.8. The molecule has 0 spiro atoms. The third-order valence-electron chi connectivity index (χ3n) is 11.6. The third-order valence-corrected chi connectivity index (χ3v) is 11.6. The van der Waals surface area contributed by atoms with Crippen molar-refractivity contribution in [3.05, 3.63) is 11.8 Å². The summed E-state index contributed by atoms with van der Waals surface area (Å²) in [6.07, 6.45) is -15.6. The van der Waals surface area contributed by atoms with E-state index in [-0.39, 0.29) is 29.9 Å². The Balaban J connectivity index is 1.05. The number of carbonyl (C=O) groups excluding carboxylic acids is 1. The van der Waals surface area contributed by atoms with Crippen LogP contribution in [0.5, 0.6) is 0 Å². The van der Waals surface area contributed by atoms with Gasteiger partial charge in [0, 0.05) is 17.8 Å². The maximum atomic E-state index is 13.8. The molecular formula is C31H46O18. The molecule has 2 saturated carbocycles. The van der Waals surface area contributed by atoms with Crippen molar-refractivity contribution >= 4 is 5.97 Å². The maximum absolute atomic E-state index is 13.8. The minimum absolute atomic E-state index is 0.0110. The molecule has 278 valence electrons. The van der Waals surface area contributed by atoms with Crippen molar-refractivity contribution in [3.8, 4) is 0 Å². The van der Waals surface area contributed by atoms with Crippen molar-refractivity contribution in [1.29, 1.82) is 0 Å². The summed E-state index contributed by atoms with van der Waals surface area (Å²) in [6.45, 7) is 0.421. The van der Waals surface area contributed by atoms with Gasteiger partial charge in [-0.1, -0.05) is 6.92 Å². The molecule has 6 fully saturated rings. The monoisotopic (exact) mass is 706 g/mol. The lowest BCUT2D eigenvalue weighted by Gasteiger charge is -2.44. The van der Waals surface area contributed by atoms with E-state index in [4.69, 9.17) is 37.9 Å². The van der Waals surface area contributed by atoms with Crippen LogP contribution in [0.15, 0.2) is 11.8 Å². The van der Waals surface area contributed by atoms with E-state index < -0.39 is 129 Å². The second kappa shape index (κ2) is 13.8. The zero-order valence-electron chi connectivity index (χ0n) is 26.7. The Kier molecular flexibility index (Phi) is 10.0. The second-order valence-electron chi connectivity index (χ2n) is 14.2. The van der Waals surface area contributed by atoms with Crippen LogP contribution in [0.1, 0.15) is 26.2 Å².